The molecule has 3 heterocycles. The molecule has 1 unspecified atom stereocenters. The highest BCUT2D eigenvalue weighted by Gasteiger charge is 2.49. The summed E-state index contributed by atoms with van der Waals surface area (Å²) in [6.45, 7) is 4.09. The van der Waals surface area contributed by atoms with Crippen LogP contribution < -0.4 is 0 Å². The number of alkyl halides is 6. The van der Waals surface area contributed by atoms with Crippen molar-refractivity contribution in [3.05, 3.63) is 66.0 Å². The Morgan fingerprint density at radius 3 is 2.00 bits per heavy atom. The van der Waals surface area contributed by atoms with E-state index in [9.17, 15) is 26.3 Å². The number of carboxylic acid groups (broad SMARTS) is 2. The van der Waals surface area contributed by atoms with Crippen LogP contribution in [0.3, 0.4) is 0 Å². The lowest BCUT2D eigenvalue weighted by Crippen LogP contribution is -2.58. The van der Waals surface area contributed by atoms with Crippen molar-refractivity contribution in [3.8, 4) is 0 Å². The lowest BCUT2D eigenvalue weighted by Gasteiger charge is -2.47. The predicted octanol–water partition coefficient (Wildman–Crippen LogP) is 4.62. The predicted molar refractivity (Wildman–Crippen MR) is 122 cm³/mol. The van der Waals surface area contributed by atoms with Crippen molar-refractivity contribution in [1.82, 2.24) is 9.88 Å². The van der Waals surface area contributed by atoms with E-state index in [1.807, 2.05) is 24.4 Å². The minimum Gasteiger partial charge on any atom is -0.475 e. The fourth-order valence-corrected chi connectivity index (χ4v) is 5.14. The summed E-state index contributed by atoms with van der Waals surface area (Å²) < 4.78 is 70.0. The van der Waals surface area contributed by atoms with Gasteiger partial charge in [0.15, 0.2) is 0 Å². The maximum Gasteiger partial charge on any atom is 0.490 e. The van der Waals surface area contributed by atoms with Crippen LogP contribution in [0.5, 0.6) is 0 Å². The molecule has 204 valence electrons. The largest absolute Gasteiger partial charge is 0.490 e. The van der Waals surface area contributed by atoms with Crippen molar-refractivity contribution in [2.45, 2.75) is 42.8 Å². The van der Waals surface area contributed by atoms with Crippen molar-refractivity contribution < 1.29 is 50.9 Å². The van der Waals surface area contributed by atoms with E-state index in [1.165, 1.54) is 25.1 Å². The summed E-state index contributed by atoms with van der Waals surface area (Å²) in [5.74, 6) is -4.40. The monoisotopic (exact) mass is 554 g/mol. The Balaban J connectivity index is 0.000000286. The molecule has 0 saturated carbocycles. The molecule has 4 rings (SSSR count). The number of halogens is 6. The molecule has 2 aromatic rings. The van der Waals surface area contributed by atoms with Gasteiger partial charge in [-0.3, -0.25) is 9.88 Å². The van der Waals surface area contributed by atoms with Crippen LogP contribution in [0.25, 0.3) is 0 Å². The van der Waals surface area contributed by atoms with Gasteiger partial charge in [0.05, 0.1) is 18.4 Å². The maximum absolute atomic E-state index is 10.6. The highest BCUT2D eigenvalue weighted by Crippen LogP contribution is 2.46. The number of carbonyl (C=O) groups is 2. The number of likely N-dealkylation sites (tertiary alicyclic amines) is 1. The average molecular weight is 555 g/mol. The standard InChI is InChI=1S/C19H22N2OS.2C2HF3O2/c1-2-6-16(7-3-1)11-21-14-19(15-21)10-18(13-23-19)22-12-17-8-4-5-9-20-17;2*3-2(4,5)1(6)7/h1-9,18H,10-15H2;2*(H,6,7). The summed E-state index contributed by atoms with van der Waals surface area (Å²) in [5, 5.41) is 14.2. The Morgan fingerprint density at radius 2 is 1.51 bits per heavy atom. The summed E-state index contributed by atoms with van der Waals surface area (Å²) in [5.41, 5.74) is 2.44. The number of hydrogen-bond acceptors (Lipinski definition) is 6. The van der Waals surface area contributed by atoms with Crippen molar-refractivity contribution in [2.24, 2.45) is 0 Å². The van der Waals surface area contributed by atoms with E-state index in [0.717, 1.165) is 18.0 Å². The number of benzene rings is 1. The third-order valence-corrected chi connectivity index (χ3v) is 6.70. The van der Waals surface area contributed by atoms with Crippen LogP contribution in [-0.2, 0) is 27.5 Å². The number of aliphatic carboxylic acids is 2. The van der Waals surface area contributed by atoms with Gasteiger partial charge in [0.1, 0.15) is 0 Å². The number of ether oxygens (including phenoxy) is 1. The van der Waals surface area contributed by atoms with Crippen LogP contribution in [0.2, 0.25) is 0 Å². The van der Waals surface area contributed by atoms with E-state index < -0.39 is 24.3 Å². The molecule has 37 heavy (non-hydrogen) atoms. The van der Waals surface area contributed by atoms with Gasteiger partial charge in [-0.15, -0.1) is 11.8 Å². The molecule has 1 aromatic heterocycles. The summed E-state index contributed by atoms with van der Waals surface area (Å²) in [6.07, 6.45) is -6.78. The Kier molecular flexibility index (Phi) is 10.8. The second kappa shape index (κ2) is 13.1. The van der Waals surface area contributed by atoms with Gasteiger partial charge < -0.3 is 14.9 Å². The summed E-state index contributed by atoms with van der Waals surface area (Å²) in [4.78, 5) is 24.7. The normalized spacial score (nSPS) is 18.6. The first-order chi connectivity index (χ1) is 17.2. The van der Waals surface area contributed by atoms with Crippen LogP contribution in [0.15, 0.2) is 54.7 Å². The van der Waals surface area contributed by atoms with Crippen LogP contribution in [0.4, 0.5) is 26.3 Å². The number of hydrogen-bond donors (Lipinski definition) is 2. The summed E-state index contributed by atoms with van der Waals surface area (Å²) in [7, 11) is 0. The van der Waals surface area contributed by atoms with Gasteiger partial charge >= 0.3 is 24.3 Å². The van der Waals surface area contributed by atoms with Gasteiger partial charge in [-0.25, -0.2) is 9.59 Å². The molecular formula is C23H24F6N2O5S. The SMILES string of the molecule is O=C(O)C(F)(F)F.O=C(O)C(F)(F)F.c1ccc(CN2CC3(CC(OCc4ccccn4)CS3)C2)cc1. The van der Waals surface area contributed by atoms with E-state index in [1.54, 1.807) is 0 Å². The molecule has 7 nitrogen and oxygen atoms in total. The Bertz CT molecular complexity index is 978. The quantitative estimate of drug-likeness (QED) is 0.517. The number of pyridine rings is 1. The minimum atomic E-state index is -5.08. The first kappa shape index (κ1) is 30.4. The smallest absolute Gasteiger partial charge is 0.475 e. The maximum atomic E-state index is 10.6. The Morgan fingerprint density at radius 1 is 0.973 bits per heavy atom. The molecule has 14 heteroatoms. The molecule has 2 fully saturated rings. The van der Waals surface area contributed by atoms with Crippen molar-refractivity contribution >= 4 is 23.7 Å². The molecule has 1 aromatic carbocycles. The summed E-state index contributed by atoms with van der Waals surface area (Å²) in [6, 6.07) is 16.7. The second-order valence-corrected chi connectivity index (χ2v) is 9.68. The average Bonchev–Trinajstić information content (AvgIpc) is 3.23. The van der Waals surface area contributed by atoms with Crippen LogP contribution >= 0.6 is 11.8 Å². The third-order valence-electron chi connectivity index (χ3n) is 5.13. The highest BCUT2D eigenvalue weighted by atomic mass is 32.2. The van der Waals surface area contributed by atoms with Crippen molar-refractivity contribution in [3.63, 3.8) is 0 Å². The van der Waals surface area contributed by atoms with E-state index in [0.29, 0.717) is 17.5 Å². The fraction of sp³-hybridized carbons (Fsp3) is 0.435. The lowest BCUT2D eigenvalue weighted by molar-refractivity contribution is -0.193. The van der Waals surface area contributed by atoms with Crippen LogP contribution in [0.1, 0.15) is 17.7 Å². The van der Waals surface area contributed by atoms with Crippen molar-refractivity contribution in [2.75, 3.05) is 18.8 Å². The van der Waals surface area contributed by atoms with E-state index in [4.69, 9.17) is 24.5 Å². The number of rotatable bonds is 5. The lowest BCUT2D eigenvalue weighted by atomic mass is 9.92. The van der Waals surface area contributed by atoms with Gasteiger partial charge in [0.2, 0.25) is 0 Å². The summed E-state index contributed by atoms with van der Waals surface area (Å²) >= 11 is 2.10. The molecule has 2 aliphatic heterocycles. The van der Waals surface area contributed by atoms with Gasteiger partial charge in [0.25, 0.3) is 0 Å². The van der Waals surface area contributed by atoms with Crippen molar-refractivity contribution in [1.29, 1.82) is 0 Å². The molecule has 0 aliphatic carbocycles. The minimum absolute atomic E-state index is 0.376. The molecule has 2 N–H and O–H groups in total. The van der Waals surface area contributed by atoms with Crippen LogP contribution in [-0.4, -0.2) is 74.1 Å². The zero-order chi connectivity index (χ0) is 27.7. The topological polar surface area (TPSA) is 100.0 Å². The number of carboxylic acids is 2. The molecule has 2 saturated heterocycles. The molecule has 1 atom stereocenters. The zero-order valence-corrected chi connectivity index (χ0v) is 20.0. The Hall–Kier alpha value is -2.84. The highest BCUT2D eigenvalue weighted by molar-refractivity contribution is 8.01. The van der Waals surface area contributed by atoms with Crippen LogP contribution in [0, 0.1) is 0 Å². The van der Waals surface area contributed by atoms with E-state index >= 15 is 0 Å². The van der Waals surface area contributed by atoms with E-state index in [-0.39, 0.29) is 0 Å². The molecule has 1 spiro atoms. The molecule has 0 amide bonds. The number of thioether (sulfide) groups is 1. The van der Waals surface area contributed by atoms with Gasteiger partial charge in [-0.05, 0) is 24.1 Å². The van der Waals surface area contributed by atoms with Gasteiger partial charge in [-0.2, -0.15) is 26.3 Å². The first-order valence-corrected chi connectivity index (χ1v) is 11.7. The zero-order valence-electron chi connectivity index (χ0n) is 19.2. The van der Waals surface area contributed by atoms with E-state index in [2.05, 4.69) is 52.0 Å². The number of nitrogens with zero attached hydrogens (tertiary/aromatic N) is 2. The molecular weight excluding hydrogens is 530 g/mol. The number of aromatic nitrogens is 1. The molecule has 0 radical (unpaired) electrons. The second-order valence-electron chi connectivity index (χ2n) is 8.19. The first-order valence-electron chi connectivity index (χ1n) is 10.7. The van der Waals surface area contributed by atoms with Gasteiger partial charge in [-0.1, -0.05) is 36.4 Å². The Labute approximate surface area is 212 Å². The van der Waals surface area contributed by atoms with Gasteiger partial charge in [0, 0.05) is 36.3 Å². The fourth-order valence-electron chi connectivity index (χ4n) is 3.54. The molecule has 2 aliphatic rings. The third kappa shape index (κ3) is 10.6. The molecule has 0 bridgehead atoms.